The van der Waals surface area contributed by atoms with Gasteiger partial charge in [0.05, 0.1) is 28.6 Å². The number of nitrogens with two attached hydrogens (primary N) is 1. The maximum atomic E-state index is 5.94. The highest BCUT2D eigenvalue weighted by Gasteiger charge is 2.15. The molecule has 0 aliphatic rings. The Kier molecular flexibility index (Phi) is 4.38. The molecule has 6 aromatic rings. The van der Waals surface area contributed by atoms with Gasteiger partial charge in [0.25, 0.3) is 0 Å². The molecule has 0 amide bonds. The summed E-state index contributed by atoms with van der Waals surface area (Å²) in [6.45, 7) is 6.09. The zero-order chi connectivity index (χ0) is 22.5. The number of nitrogens with one attached hydrogen (secondary N) is 2. The molecule has 0 spiro atoms. The Morgan fingerprint density at radius 1 is 0.909 bits per heavy atom. The third-order valence-electron chi connectivity index (χ3n) is 5.75. The van der Waals surface area contributed by atoms with Crippen molar-refractivity contribution in [3.63, 3.8) is 0 Å². The van der Waals surface area contributed by atoms with Crippen molar-refractivity contribution in [2.45, 2.75) is 6.92 Å². The molecular formula is C26H20N6S. The first-order valence-corrected chi connectivity index (χ1v) is 11.3. The largest absolute Gasteiger partial charge is 0.397 e. The summed E-state index contributed by atoms with van der Waals surface area (Å²) in [5.41, 5.74) is 14.5. The number of benzene rings is 1. The second-order valence-corrected chi connectivity index (χ2v) is 9.20. The van der Waals surface area contributed by atoms with Crippen molar-refractivity contribution in [1.82, 2.24) is 25.1 Å². The van der Waals surface area contributed by atoms with Crippen molar-refractivity contribution in [3.05, 3.63) is 78.7 Å². The number of H-pyrrole nitrogens is 2. The van der Waals surface area contributed by atoms with Gasteiger partial charge in [-0.3, -0.25) is 15.1 Å². The first kappa shape index (κ1) is 19.5. The van der Waals surface area contributed by atoms with Gasteiger partial charge in [-0.2, -0.15) is 5.10 Å². The normalized spacial score (nSPS) is 11.4. The van der Waals surface area contributed by atoms with Gasteiger partial charge in [-0.15, -0.1) is 11.3 Å². The highest BCUT2D eigenvalue weighted by molar-refractivity contribution is 7.16. The van der Waals surface area contributed by atoms with Crippen molar-refractivity contribution in [1.29, 1.82) is 0 Å². The average Bonchev–Trinajstić information content (AvgIpc) is 3.55. The van der Waals surface area contributed by atoms with Crippen molar-refractivity contribution in [2.24, 2.45) is 0 Å². The van der Waals surface area contributed by atoms with E-state index in [2.05, 4.69) is 56.0 Å². The molecular weight excluding hydrogens is 428 g/mol. The fourth-order valence-corrected chi connectivity index (χ4v) is 5.06. The zero-order valence-electron chi connectivity index (χ0n) is 17.9. The molecule has 0 aliphatic heterocycles. The van der Waals surface area contributed by atoms with E-state index in [0.717, 1.165) is 55.5 Å². The van der Waals surface area contributed by atoms with E-state index in [1.54, 1.807) is 17.5 Å². The van der Waals surface area contributed by atoms with Crippen LogP contribution in [-0.4, -0.2) is 25.1 Å². The first-order valence-electron chi connectivity index (χ1n) is 10.5. The topological polar surface area (TPSA) is 96.3 Å². The molecule has 0 aliphatic carbocycles. The summed E-state index contributed by atoms with van der Waals surface area (Å²) >= 11 is 1.73. The van der Waals surface area contributed by atoms with Gasteiger partial charge in [0.2, 0.25) is 0 Å². The number of rotatable bonds is 4. The number of fused-ring (bicyclic) bond motifs is 2. The summed E-state index contributed by atoms with van der Waals surface area (Å²) in [7, 11) is 0. The number of aromatic amines is 2. The van der Waals surface area contributed by atoms with E-state index in [-0.39, 0.29) is 0 Å². The van der Waals surface area contributed by atoms with Gasteiger partial charge >= 0.3 is 0 Å². The van der Waals surface area contributed by atoms with Crippen molar-refractivity contribution >= 4 is 44.4 Å². The summed E-state index contributed by atoms with van der Waals surface area (Å²) in [5, 5.41) is 9.90. The molecule has 1 aromatic carbocycles. The Balaban J connectivity index is 1.48. The SMILES string of the molecule is C=C(C)c1ccc(-c2cncc3[nH]c(-c4n[nH]c5ccc(-c6cncc(N)c6)cc45)cc23)s1. The minimum absolute atomic E-state index is 0.638. The Bertz CT molecular complexity index is 1670. The Morgan fingerprint density at radius 3 is 2.61 bits per heavy atom. The van der Waals surface area contributed by atoms with Gasteiger partial charge < -0.3 is 10.7 Å². The molecule has 0 bridgehead atoms. The Hall–Kier alpha value is -4.23. The van der Waals surface area contributed by atoms with Crippen LogP contribution in [0.15, 0.2) is 73.8 Å². The summed E-state index contributed by atoms with van der Waals surface area (Å²) in [4.78, 5) is 14.5. The number of thiophene rings is 1. The number of hydrogen-bond donors (Lipinski definition) is 3. The number of pyridine rings is 2. The second kappa shape index (κ2) is 7.43. The average molecular weight is 449 g/mol. The van der Waals surface area contributed by atoms with Crippen LogP contribution in [0.3, 0.4) is 0 Å². The van der Waals surface area contributed by atoms with Gasteiger partial charge in [-0.25, -0.2) is 0 Å². The van der Waals surface area contributed by atoms with Crippen molar-refractivity contribution in [2.75, 3.05) is 5.73 Å². The maximum Gasteiger partial charge on any atom is 0.116 e. The van der Waals surface area contributed by atoms with Gasteiger partial charge in [0, 0.05) is 50.2 Å². The fraction of sp³-hybridized carbons (Fsp3) is 0.0385. The Labute approximate surface area is 193 Å². The molecule has 0 unspecified atom stereocenters. The monoisotopic (exact) mass is 448 g/mol. The van der Waals surface area contributed by atoms with Crippen LogP contribution in [-0.2, 0) is 0 Å². The highest BCUT2D eigenvalue weighted by Crippen LogP contribution is 2.38. The zero-order valence-corrected chi connectivity index (χ0v) is 18.7. The first-order chi connectivity index (χ1) is 16.1. The van der Waals surface area contributed by atoms with Crippen LogP contribution in [0.2, 0.25) is 0 Å². The van der Waals surface area contributed by atoms with Crippen LogP contribution in [0.4, 0.5) is 5.69 Å². The van der Waals surface area contributed by atoms with Gasteiger partial charge in [0.1, 0.15) is 5.69 Å². The smallest absolute Gasteiger partial charge is 0.116 e. The van der Waals surface area contributed by atoms with E-state index in [4.69, 9.17) is 5.73 Å². The molecule has 33 heavy (non-hydrogen) atoms. The van der Waals surface area contributed by atoms with Gasteiger partial charge in [-0.1, -0.05) is 12.6 Å². The molecule has 0 saturated heterocycles. The molecule has 6 rings (SSSR count). The van der Waals surface area contributed by atoms with Crippen molar-refractivity contribution in [3.8, 4) is 33.0 Å². The van der Waals surface area contributed by atoms with E-state index in [0.29, 0.717) is 5.69 Å². The molecule has 4 N–H and O–H groups in total. The van der Waals surface area contributed by atoms with Gasteiger partial charge in [0.15, 0.2) is 0 Å². The van der Waals surface area contributed by atoms with Crippen molar-refractivity contribution < 1.29 is 0 Å². The van der Waals surface area contributed by atoms with Crippen LogP contribution in [0.1, 0.15) is 11.8 Å². The van der Waals surface area contributed by atoms with E-state index in [1.165, 1.54) is 9.75 Å². The number of nitrogen functional groups attached to an aromatic ring is 1. The molecule has 5 aromatic heterocycles. The molecule has 6 nitrogen and oxygen atoms in total. The lowest BCUT2D eigenvalue weighted by molar-refractivity contribution is 1.12. The summed E-state index contributed by atoms with van der Waals surface area (Å²) in [6.07, 6.45) is 7.24. The summed E-state index contributed by atoms with van der Waals surface area (Å²) < 4.78 is 0. The number of hydrogen-bond acceptors (Lipinski definition) is 5. The van der Waals surface area contributed by atoms with Gasteiger partial charge in [-0.05, 0) is 54.5 Å². The molecule has 0 saturated carbocycles. The molecule has 0 radical (unpaired) electrons. The quantitative estimate of drug-likeness (QED) is 0.286. The van der Waals surface area contributed by atoms with E-state index < -0.39 is 0 Å². The number of anilines is 1. The third kappa shape index (κ3) is 3.30. The fourth-order valence-electron chi connectivity index (χ4n) is 4.10. The van der Waals surface area contributed by atoms with Crippen LogP contribution in [0, 0.1) is 0 Å². The number of allylic oxidation sites excluding steroid dienone is 1. The maximum absolute atomic E-state index is 5.94. The summed E-state index contributed by atoms with van der Waals surface area (Å²) in [6, 6.07) is 14.5. The van der Waals surface area contributed by atoms with E-state index >= 15 is 0 Å². The van der Waals surface area contributed by atoms with Crippen LogP contribution >= 0.6 is 11.3 Å². The lowest BCUT2D eigenvalue weighted by Gasteiger charge is -2.03. The van der Waals surface area contributed by atoms with E-state index in [9.17, 15) is 0 Å². The predicted molar refractivity (Wildman–Crippen MR) is 137 cm³/mol. The second-order valence-electron chi connectivity index (χ2n) is 8.12. The molecule has 5 heterocycles. The lowest BCUT2D eigenvalue weighted by Crippen LogP contribution is -1.87. The number of nitrogens with zero attached hydrogens (tertiary/aromatic N) is 3. The van der Waals surface area contributed by atoms with Crippen LogP contribution in [0.25, 0.3) is 60.3 Å². The molecule has 160 valence electrons. The highest BCUT2D eigenvalue weighted by atomic mass is 32.1. The predicted octanol–water partition coefficient (Wildman–Crippen LogP) is 6.51. The molecule has 7 heteroatoms. The minimum Gasteiger partial charge on any atom is -0.397 e. The molecule has 0 atom stereocenters. The van der Waals surface area contributed by atoms with Crippen LogP contribution in [0.5, 0.6) is 0 Å². The minimum atomic E-state index is 0.638. The van der Waals surface area contributed by atoms with Crippen LogP contribution < -0.4 is 5.73 Å². The lowest BCUT2D eigenvalue weighted by atomic mass is 10.0. The molecule has 0 fully saturated rings. The Morgan fingerprint density at radius 2 is 1.79 bits per heavy atom. The third-order valence-corrected chi connectivity index (χ3v) is 7.03. The van der Waals surface area contributed by atoms with E-state index in [1.807, 2.05) is 43.7 Å². The summed E-state index contributed by atoms with van der Waals surface area (Å²) in [5.74, 6) is 0. The standard InChI is InChI=1S/C26H20N6S/c1-14(2)24-5-6-25(33-24)20-12-29-13-23-18(20)9-22(30-23)26-19-8-15(3-4-21(19)31-32-26)16-7-17(27)11-28-10-16/h3-13,30H,1,27H2,2H3,(H,31,32). The number of aromatic nitrogens is 5.